The number of aromatic amines is 1. The zero-order valence-corrected chi connectivity index (χ0v) is 8.70. The Bertz CT molecular complexity index is 476. The van der Waals surface area contributed by atoms with E-state index < -0.39 is 0 Å². The quantitative estimate of drug-likeness (QED) is 0.809. The third kappa shape index (κ3) is 1.53. The molecule has 0 bridgehead atoms. The molecule has 15 heavy (non-hydrogen) atoms. The third-order valence-corrected chi connectivity index (χ3v) is 2.41. The molecule has 0 radical (unpaired) electrons. The van der Waals surface area contributed by atoms with Crippen LogP contribution in [0.2, 0.25) is 0 Å². The first-order valence-corrected chi connectivity index (χ1v) is 4.62. The van der Waals surface area contributed by atoms with Crippen molar-refractivity contribution in [2.75, 3.05) is 14.2 Å². The van der Waals surface area contributed by atoms with Crippen LogP contribution in [0, 0.1) is 0 Å². The number of hydrogen-bond acceptors (Lipinski definition) is 3. The van der Waals surface area contributed by atoms with Crippen LogP contribution in [0.25, 0.3) is 10.9 Å². The highest BCUT2D eigenvalue weighted by atomic mass is 16.5. The number of ether oxygens (including phenoxy) is 2. The van der Waals surface area contributed by atoms with Gasteiger partial charge in [0.2, 0.25) is 0 Å². The molecule has 0 fully saturated rings. The van der Waals surface area contributed by atoms with Crippen LogP contribution in [0.1, 0.15) is 5.56 Å². The average molecular weight is 207 g/mol. The number of phenols is 1. The van der Waals surface area contributed by atoms with E-state index in [2.05, 4.69) is 4.98 Å². The Morgan fingerprint density at radius 2 is 2.20 bits per heavy atom. The first-order chi connectivity index (χ1) is 7.27. The van der Waals surface area contributed by atoms with Crippen LogP contribution in [-0.2, 0) is 11.3 Å². The first-order valence-electron chi connectivity index (χ1n) is 4.62. The fourth-order valence-corrected chi connectivity index (χ4v) is 1.69. The number of H-pyrrole nitrogens is 1. The van der Waals surface area contributed by atoms with E-state index >= 15 is 0 Å². The molecule has 1 aromatic heterocycles. The Labute approximate surface area is 87.4 Å². The van der Waals surface area contributed by atoms with Crippen LogP contribution in [-0.4, -0.2) is 24.3 Å². The Balaban J connectivity index is 2.70. The van der Waals surface area contributed by atoms with Gasteiger partial charge in [-0.05, 0) is 6.07 Å². The van der Waals surface area contributed by atoms with Gasteiger partial charge in [-0.3, -0.25) is 0 Å². The summed E-state index contributed by atoms with van der Waals surface area (Å²) in [5.74, 6) is 0.600. The molecule has 0 atom stereocenters. The summed E-state index contributed by atoms with van der Waals surface area (Å²) < 4.78 is 10.1. The van der Waals surface area contributed by atoms with Gasteiger partial charge in [-0.25, -0.2) is 0 Å². The van der Waals surface area contributed by atoms with Crippen molar-refractivity contribution in [1.82, 2.24) is 4.98 Å². The van der Waals surface area contributed by atoms with Crippen LogP contribution in [0.15, 0.2) is 18.3 Å². The summed E-state index contributed by atoms with van der Waals surface area (Å²) >= 11 is 0. The average Bonchev–Trinajstić information content (AvgIpc) is 2.69. The van der Waals surface area contributed by atoms with Crippen molar-refractivity contribution < 1.29 is 14.6 Å². The van der Waals surface area contributed by atoms with Gasteiger partial charge in [0, 0.05) is 35.8 Å². The molecule has 0 unspecified atom stereocenters. The maximum atomic E-state index is 9.92. The molecule has 4 nitrogen and oxygen atoms in total. The highest BCUT2D eigenvalue weighted by Gasteiger charge is 2.13. The van der Waals surface area contributed by atoms with Crippen molar-refractivity contribution in [1.29, 1.82) is 0 Å². The summed E-state index contributed by atoms with van der Waals surface area (Å²) in [5, 5.41) is 10.9. The lowest BCUT2D eigenvalue weighted by molar-refractivity contribution is 0.182. The number of benzene rings is 1. The van der Waals surface area contributed by atoms with Crippen LogP contribution in [0.5, 0.6) is 11.5 Å². The van der Waals surface area contributed by atoms with Crippen molar-refractivity contribution in [3.05, 3.63) is 23.9 Å². The SMILES string of the molecule is COCc1c(O)c(OC)cc2[nH]ccc12. The zero-order chi connectivity index (χ0) is 10.8. The molecule has 80 valence electrons. The summed E-state index contributed by atoms with van der Waals surface area (Å²) in [7, 11) is 3.12. The van der Waals surface area contributed by atoms with Gasteiger partial charge >= 0.3 is 0 Å². The maximum Gasteiger partial charge on any atom is 0.164 e. The van der Waals surface area contributed by atoms with Gasteiger partial charge in [0.15, 0.2) is 11.5 Å². The van der Waals surface area contributed by atoms with Crippen LogP contribution >= 0.6 is 0 Å². The fraction of sp³-hybridized carbons (Fsp3) is 0.273. The summed E-state index contributed by atoms with van der Waals surface area (Å²) in [6.07, 6.45) is 1.82. The Kier molecular flexibility index (Phi) is 2.51. The normalized spacial score (nSPS) is 10.8. The van der Waals surface area contributed by atoms with Crippen molar-refractivity contribution in [3.8, 4) is 11.5 Å². The summed E-state index contributed by atoms with van der Waals surface area (Å²) in [6, 6.07) is 3.67. The number of aromatic hydroxyl groups is 1. The van der Waals surface area contributed by atoms with Gasteiger partial charge in [-0.1, -0.05) is 0 Å². The molecule has 0 aliphatic rings. The molecule has 2 rings (SSSR count). The second-order valence-electron chi connectivity index (χ2n) is 3.28. The van der Waals surface area contributed by atoms with E-state index in [0.717, 1.165) is 16.5 Å². The van der Waals surface area contributed by atoms with Gasteiger partial charge in [-0.2, -0.15) is 0 Å². The molecule has 2 aromatic rings. The van der Waals surface area contributed by atoms with Gasteiger partial charge < -0.3 is 19.6 Å². The van der Waals surface area contributed by atoms with Crippen molar-refractivity contribution in [2.24, 2.45) is 0 Å². The topological polar surface area (TPSA) is 54.5 Å². The molecule has 1 aromatic carbocycles. The molecule has 0 saturated carbocycles. The minimum Gasteiger partial charge on any atom is -0.504 e. The van der Waals surface area contributed by atoms with E-state index in [9.17, 15) is 5.11 Å². The number of hydrogen-bond donors (Lipinski definition) is 2. The van der Waals surface area contributed by atoms with Crippen LogP contribution in [0.4, 0.5) is 0 Å². The van der Waals surface area contributed by atoms with Gasteiger partial charge in [-0.15, -0.1) is 0 Å². The number of rotatable bonds is 3. The Morgan fingerprint density at radius 1 is 1.40 bits per heavy atom. The number of nitrogens with one attached hydrogen (secondary N) is 1. The van der Waals surface area contributed by atoms with Crippen molar-refractivity contribution in [3.63, 3.8) is 0 Å². The van der Waals surface area contributed by atoms with E-state index in [-0.39, 0.29) is 5.75 Å². The molecule has 4 heteroatoms. The number of fused-ring (bicyclic) bond motifs is 1. The molecular weight excluding hydrogens is 194 g/mol. The highest BCUT2D eigenvalue weighted by Crippen LogP contribution is 2.36. The number of phenolic OH excluding ortho intramolecular Hbond substituents is 1. The van der Waals surface area contributed by atoms with Crippen LogP contribution < -0.4 is 4.74 Å². The molecule has 2 N–H and O–H groups in total. The molecule has 0 saturated heterocycles. The second kappa shape index (κ2) is 3.82. The summed E-state index contributed by atoms with van der Waals surface area (Å²) in [4.78, 5) is 3.07. The van der Waals surface area contributed by atoms with Gasteiger partial charge in [0.05, 0.1) is 13.7 Å². The number of methoxy groups -OCH3 is 2. The van der Waals surface area contributed by atoms with E-state index in [4.69, 9.17) is 9.47 Å². The van der Waals surface area contributed by atoms with Crippen molar-refractivity contribution >= 4 is 10.9 Å². The van der Waals surface area contributed by atoms with Gasteiger partial charge in [0.1, 0.15) is 0 Å². The van der Waals surface area contributed by atoms with E-state index in [1.807, 2.05) is 12.3 Å². The largest absolute Gasteiger partial charge is 0.504 e. The molecule has 0 amide bonds. The standard InChI is InChI=1S/C11H13NO3/c1-14-6-8-7-3-4-12-9(7)5-10(15-2)11(8)13/h3-5,12-13H,6H2,1-2H3. The molecule has 1 heterocycles. The minimum absolute atomic E-state index is 0.145. The predicted octanol–water partition coefficient (Wildman–Crippen LogP) is 2.03. The Hall–Kier alpha value is -1.68. The molecule has 0 spiro atoms. The van der Waals surface area contributed by atoms with E-state index in [1.165, 1.54) is 7.11 Å². The molecule has 0 aliphatic heterocycles. The van der Waals surface area contributed by atoms with Crippen molar-refractivity contribution in [2.45, 2.75) is 6.61 Å². The summed E-state index contributed by atoms with van der Waals surface area (Å²) in [5.41, 5.74) is 1.67. The summed E-state index contributed by atoms with van der Waals surface area (Å²) in [6.45, 7) is 0.359. The van der Waals surface area contributed by atoms with Gasteiger partial charge in [0.25, 0.3) is 0 Å². The zero-order valence-electron chi connectivity index (χ0n) is 8.70. The fourth-order valence-electron chi connectivity index (χ4n) is 1.69. The monoisotopic (exact) mass is 207 g/mol. The predicted molar refractivity (Wildman–Crippen MR) is 57.2 cm³/mol. The lowest BCUT2D eigenvalue weighted by atomic mass is 10.1. The lowest BCUT2D eigenvalue weighted by Crippen LogP contribution is -1.93. The lowest BCUT2D eigenvalue weighted by Gasteiger charge is -2.09. The number of aromatic nitrogens is 1. The molecule has 0 aliphatic carbocycles. The Morgan fingerprint density at radius 3 is 2.87 bits per heavy atom. The van der Waals surface area contributed by atoms with E-state index in [0.29, 0.717) is 12.4 Å². The smallest absolute Gasteiger partial charge is 0.164 e. The van der Waals surface area contributed by atoms with E-state index in [1.54, 1.807) is 13.2 Å². The molecular formula is C11H13NO3. The third-order valence-electron chi connectivity index (χ3n) is 2.41. The van der Waals surface area contributed by atoms with Crippen LogP contribution in [0.3, 0.4) is 0 Å². The second-order valence-corrected chi connectivity index (χ2v) is 3.28. The minimum atomic E-state index is 0.145. The first kappa shape index (κ1) is 9.86. The highest BCUT2D eigenvalue weighted by molar-refractivity contribution is 5.87. The maximum absolute atomic E-state index is 9.92.